The van der Waals surface area contributed by atoms with Gasteiger partial charge in [-0.3, -0.25) is 19.7 Å². The predicted octanol–water partition coefficient (Wildman–Crippen LogP) is 1.29. The van der Waals surface area contributed by atoms with Gasteiger partial charge in [-0.25, -0.2) is 9.97 Å². The van der Waals surface area contributed by atoms with Gasteiger partial charge in [0.1, 0.15) is 5.56 Å². The van der Waals surface area contributed by atoms with Crippen LogP contribution in [0.5, 0.6) is 11.8 Å². The number of pyridine rings is 1. The standard InChI is InChI=1S/C21H25N5O7/c1-32-16-4-2-13(10-22-16)18(12-6-8-33-9-7-12)25-19(30)14-11-23-21(26-20(14)31)24-15(27)3-5-17(28)29/h2,4,10-12,18H,3,5-9H2,1H3,(H,25,30)(H,28,29)(H2,23,24,26,27,31). The van der Waals surface area contributed by atoms with Gasteiger partial charge >= 0.3 is 5.97 Å². The molecule has 1 atom stereocenters. The number of nitrogens with zero attached hydrogens (tertiary/aromatic N) is 3. The van der Waals surface area contributed by atoms with Gasteiger partial charge in [-0.15, -0.1) is 0 Å². The number of ether oxygens (including phenoxy) is 2. The third-order valence-corrected chi connectivity index (χ3v) is 5.18. The molecule has 1 unspecified atom stereocenters. The Hall–Kier alpha value is -3.80. The number of carboxylic acid groups (broad SMARTS) is 1. The summed E-state index contributed by atoms with van der Waals surface area (Å²) in [4.78, 5) is 47.1. The smallest absolute Gasteiger partial charge is 0.303 e. The van der Waals surface area contributed by atoms with Crippen molar-refractivity contribution in [2.45, 2.75) is 31.7 Å². The largest absolute Gasteiger partial charge is 0.493 e. The first-order valence-electron chi connectivity index (χ1n) is 10.3. The van der Waals surface area contributed by atoms with E-state index in [1.54, 1.807) is 12.3 Å². The Balaban J connectivity index is 1.74. The first-order valence-corrected chi connectivity index (χ1v) is 10.3. The second-order valence-corrected chi connectivity index (χ2v) is 7.41. The molecular formula is C21H25N5O7. The molecular weight excluding hydrogens is 434 g/mol. The van der Waals surface area contributed by atoms with Gasteiger partial charge in [-0.1, -0.05) is 6.07 Å². The van der Waals surface area contributed by atoms with E-state index < -0.39 is 29.7 Å². The lowest BCUT2D eigenvalue weighted by atomic mass is 9.87. The molecule has 12 heteroatoms. The highest BCUT2D eigenvalue weighted by Crippen LogP contribution is 2.31. The average molecular weight is 459 g/mol. The molecule has 0 radical (unpaired) electrons. The van der Waals surface area contributed by atoms with E-state index in [-0.39, 0.29) is 30.3 Å². The number of carboxylic acids is 1. The summed E-state index contributed by atoms with van der Waals surface area (Å²) in [6, 6.07) is 3.13. The van der Waals surface area contributed by atoms with Crippen LogP contribution in [-0.2, 0) is 14.3 Å². The number of anilines is 1. The van der Waals surface area contributed by atoms with Crippen molar-refractivity contribution in [2.75, 3.05) is 25.6 Å². The molecule has 3 heterocycles. The number of carbonyl (C=O) groups excluding carboxylic acids is 2. The summed E-state index contributed by atoms with van der Waals surface area (Å²) >= 11 is 0. The van der Waals surface area contributed by atoms with Crippen molar-refractivity contribution in [2.24, 2.45) is 5.92 Å². The summed E-state index contributed by atoms with van der Waals surface area (Å²) in [6.45, 7) is 1.15. The van der Waals surface area contributed by atoms with Gasteiger partial charge in [0.2, 0.25) is 23.6 Å². The molecule has 4 N–H and O–H groups in total. The Morgan fingerprint density at radius 1 is 1.18 bits per heavy atom. The Labute approximate surface area is 189 Å². The molecule has 2 aromatic heterocycles. The number of aliphatic carboxylic acids is 1. The van der Waals surface area contributed by atoms with Crippen LogP contribution in [0.15, 0.2) is 24.5 Å². The van der Waals surface area contributed by atoms with E-state index in [2.05, 4.69) is 25.6 Å². The topological polar surface area (TPSA) is 173 Å². The van der Waals surface area contributed by atoms with E-state index in [1.165, 1.54) is 7.11 Å². The SMILES string of the molecule is COc1ccc(C(NC(=O)c2cnc(NC(=O)CCC(=O)O)nc2O)C2CCOCC2)cn1. The fourth-order valence-electron chi connectivity index (χ4n) is 3.44. The van der Waals surface area contributed by atoms with Crippen LogP contribution in [-0.4, -0.2) is 63.3 Å². The lowest BCUT2D eigenvalue weighted by molar-refractivity contribution is -0.138. The van der Waals surface area contributed by atoms with Crippen LogP contribution in [0.1, 0.15) is 47.6 Å². The van der Waals surface area contributed by atoms with Crippen molar-refractivity contribution >= 4 is 23.7 Å². The molecule has 1 fully saturated rings. The number of hydrogen-bond acceptors (Lipinski definition) is 9. The zero-order valence-electron chi connectivity index (χ0n) is 18.0. The summed E-state index contributed by atoms with van der Waals surface area (Å²) in [6.07, 6.45) is 3.57. The third-order valence-electron chi connectivity index (χ3n) is 5.18. The molecule has 3 rings (SSSR count). The minimum absolute atomic E-state index is 0.0914. The van der Waals surface area contributed by atoms with E-state index in [0.29, 0.717) is 19.1 Å². The zero-order chi connectivity index (χ0) is 23.8. The number of amides is 2. The third kappa shape index (κ3) is 6.59. The van der Waals surface area contributed by atoms with Crippen LogP contribution in [0.25, 0.3) is 0 Å². The van der Waals surface area contributed by atoms with Crippen LogP contribution < -0.4 is 15.4 Å². The number of methoxy groups -OCH3 is 1. The summed E-state index contributed by atoms with van der Waals surface area (Å²) in [7, 11) is 1.51. The Morgan fingerprint density at radius 3 is 2.55 bits per heavy atom. The van der Waals surface area contributed by atoms with Crippen molar-refractivity contribution in [1.29, 1.82) is 0 Å². The van der Waals surface area contributed by atoms with Crippen LogP contribution in [0, 0.1) is 5.92 Å². The van der Waals surface area contributed by atoms with E-state index in [1.807, 2.05) is 6.07 Å². The summed E-state index contributed by atoms with van der Waals surface area (Å²) < 4.78 is 10.5. The number of rotatable bonds is 9. The van der Waals surface area contributed by atoms with Crippen LogP contribution in [0.2, 0.25) is 0 Å². The molecule has 0 spiro atoms. The van der Waals surface area contributed by atoms with E-state index in [9.17, 15) is 19.5 Å². The molecule has 1 saturated heterocycles. The van der Waals surface area contributed by atoms with Crippen molar-refractivity contribution < 1.29 is 34.1 Å². The fraction of sp³-hybridized carbons (Fsp3) is 0.429. The van der Waals surface area contributed by atoms with Crippen molar-refractivity contribution in [1.82, 2.24) is 20.3 Å². The maximum atomic E-state index is 12.9. The maximum Gasteiger partial charge on any atom is 0.303 e. The van der Waals surface area contributed by atoms with Gasteiger partial charge in [-0.05, 0) is 24.3 Å². The van der Waals surface area contributed by atoms with Crippen LogP contribution >= 0.6 is 0 Å². The summed E-state index contributed by atoms with van der Waals surface area (Å²) in [5, 5.41) is 24.1. The van der Waals surface area contributed by atoms with Gasteiger partial charge in [0, 0.05) is 38.1 Å². The molecule has 33 heavy (non-hydrogen) atoms. The second-order valence-electron chi connectivity index (χ2n) is 7.41. The van der Waals surface area contributed by atoms with Crippen LogP contribution in [0.3, 0.4) is 0 Å². The second kappa shape index (κ2) is 11.2. The first kappa shape index (κ1) is 23.9. The summed E-state index contributed by atoms with van der Waals surface area (Å²) in [5.41, 5.74) is 0.607. The van der Waals surface area contributed by atoms with Crippen molar-refractivity contribution in [3.8, 4) is 11.8 Å². The predicted molar refractivity (Wildman–Crippen MR) is 114 cm³/mol. The highest BCUT2D eigenvalue weighted by molar-refractivity contribution is 5.97. The van der Waals surface area contributed by atoms with Gasteiger partial charge in [-0.2, -0.15) is 4.98 Å². The lowest BCUT2D eigenvalue weighted by Gasteiger charge is -2.31. The highest BCUT2D eigenvalue weighted by atomic mass is 16.5. The Bertz CT molecular complexity index is 993. The molecule has 0 saturated carbocycles. The molecule has 1 aliphatic rings. The monoisotopic (exact) mass is 459 g/mol. The highest BCUT2D eigenvalue weighted by Gasteiger charge is 2.29. The van der Waals surface area contributed by atoms with Crippen molar-refractivity contribution in [3.05, 3.63) is 35.7 Å². The molecule has 0 aromatic carbocycles. The maximum absolute atomic E-state index is 12.9. The molecule has 2 amide bonds. The molecule has 0 bridgehead atoms. The van der Waals surface area contributed by atoms with E-state index in [0.717, 1.165) is 24.6 Å². The number of aromatic nitrogens is 3. The van der Waals surface area contributed by atoms with Gasteiger partial charge in [0.05, 0.1) is 19.6 Å². The average Bonchev–Trinajstić information content (AvgIpc) is 2.82. The quantitative estimate of drug-likeness (QED) is 0.428. The van der Waals surface area contributed by atoms with Gasteiger partial charge < -0.3 is 25.0 Å². The Morgan fingerprint density at radius 2 is 1.94 bits per heavy atom. The first-order chi connectivity index (χ1) is 15.9. The minimum atomic E-state index is -1.12. The lowest BCUT2D eigenvalue weighted by Crippen LogP contribution is -2.36. The van der Waals surface area contributed by atoms with Crippen LogP contribution in [0.4, 0.5) is 5.95 Å². The fourth-order valence-corrected chi connectivity index (χ4v) is 3.44. The minimum Gasteiger partial charge on any atom is -0.493 e. The molecule has 12 nitrogen and oxygen atoms in total. The normalized spacial score (nSPS) is 14.8. The van der Waals surface area contributed by atoms with E-state index >= 15 is 0 Å². The number of hydrogen-bond donors (Lipinski definition) is 4. The van der Waals surface area contributed by atoms with Gasteiger partial charge in [0.15, 0.2) is 0 Å². The molecule has 176 valence electrons. The number of aromatic hydroxyl groups is 1. The Kier molecular flexibility index (Phi) is 8.08. The number of nitrogens with one attached hydrogen (secondary N) is 2. The summed E-state index contributed by atoms with van der Waals surface area (Å²) in [5.74, 6) is -2.65. The number of carbonyl (C=O) groups is 3. The van der Waals surface area contributed by atoms with Gasteiger partial charge in [0.25, 0.3) is 5.91 Å². The molecule has 2 aromatic rings. The van der Waals surface area contributed by atoms with Crippen molar-refractivity contribution in [3.63, 3.8) is 0 Å². The molecule has 0 aliphatic carbocycles. The zero-order valence-corrected chi connectivity index (χ0v) is 18.0. The van der Waals surface area contributed by atoms with E-state index in [4.69, 9.17) is 14.6 Å². The molecule has 1 aliphatic heterocycles.